The van der Waals surface area contributed by atoms with Crippen LogP contribution in [0.1, 0.15) is 16.7 Å². The molecule has 0 amide bonds. The Kier molecular flexibility index (Phi) is 6.10. The molecule has 0 aliphatic carbocycles. The molecule has 4 N–H and O–H groups in total. The van der Waals surface area contributed by atoms with E-state index in [4.69, 9.17) is 15.7 Å². The van der Waals surface area contributed by atoms with E-state index in [9.17, 15) is 21.6 Å². The van der Waals surface area contributed by atoms with Gasteiger partial charge in [0.1, 0.15) is 5.84 Å². The van der Waals surface area contributed by atoms with Crippen LogP contribution in [0.4, 0.5) is 13.2 Å². The lowest BCUT2D eigenvalue weighted by atomic mass is 10.1. The number of hydrogen-bond donors (Lipinski definition) is 3. The molecule has 0 bridgehead atoms. The average molecular weight is 360 g/mol. The van der Waals surface area contributed by atoms with Crippen LogP contribution in [-0.4, -0.2) is 18.8 Å². The standard InChI is InChI=1S/C8H7F3N2.C7H8O3S/c9-8(10,11)6-3-1-2-5(4-6)7(12)13;1-6-2-4-7(5-3-6)11(8,9)10/h1-4H,(H3,12,13);2-5H,1H3,(H,8,9,10). The summed E-state index contributed by atoms with van der Waals surface area (Å²) in [5.41, 5.74) is 5.28. The van der Waals surface area contributed by atoms with Crippen molar-refractivity contribution in [1.29, 1.82) is 5.41 Å². The fourth-order valence-electron chi connectivity index (χ4n) is 1.57. The van der Waals surface area contributed by atoms with E-state index in [1.807, 2.05) is 6.92 Å². The van der Waals surface area contributed by atoms with Crippen LogP contribution in [0.15, 0.2) is 53.4 Å². The number of nitrogens with one attached hydrogen (secondary N) is 1. The summed E-state index contributed by atoms with van der Waals surface area (Å²) in [6.07, 6.45) is -4.38. The third-order valence-electron chi connectivity index (χ3n) is 2.82. The van der Waals surface area contributed by atoms with Gasteiger partial charge >= 0.3 is 6.18 Å². The van der Waals surface area contributed by atoms with Crippen LogP contribution in [0, 0.1) is 12.3 Å². The van der Waals surface area contributed by atoms with Crippen molar-refractivity contribution in [2.45, 2.75) is 18.0 Å². The molecule has 0 aliphatic rings. The van der Waals surface area contributed by atoms with E-state index in [2.05, 4.69) is 0 Å². The molecule has 0 atom stereocenters. The maximum absolute atomic E-state index is 12.1. The molecule has 0 fully saturated rings. The fourth-order valence-corrected chi connectivity index (χ4v) is 2.05. The van der Waals surface area contributed by atoms with Crippen LogP contribution in [0.25, 0.3) is 0 Å². The predicted octanol–water partition coefficient (Wildman–Crippen LogP) is 3.23. The Bertz CT molecular complexity index is 817. The predicted molar refractivity (Wildman–Crippen MR) is 83.5 cm³/mol. The van der Waals surface area contributed by atoms with Crippen LogP contribution in [0.3, 0.4) is 0 Å². The van der Waals surface area contributed by atoms with E-state index < -0.39 is 21.9 Å². The molecule has 9 heteroatoms. The van der Waals surface area contributed by atoms with Crippen molar-refractivity contribution in [3.63, 3.8) is 0 Å². The third kappa shape index (κ3) is 6.01. The minimum atomic E-state index is -4.38. The first-order valence-corrected chi connectivity index (χ1v) is 7.91. The molecular weight excluding hydrogens is 345 g/mol. The molecule has 0 heterocycles. The van der Waals surface area contributed by atoms with Gasteiger partial charge in [0.25, 0.3) is 10.1 Å². The molecule has 0 radical (unpaired) electrons. The molecule has 2 aromatic carbocycles. The molecule has 24 heavy (non-hydrogen) atoms. The van der Waals surface area contributed by atoms with Crippen molar-refractivity contribution < 1.29 is 26.1 Å². The molecule has 130 valence electrons. The first-order chi connectivity index (χ1) is 10.9. The van der Waals surface area contributed by atoms with Crippen LogP contribution in [-0.2, 0) is 16.3 Å². The number of aryl methyl sites for hydroxylation is 1. The molecule has 0 spiro atoms. The summed E-state index contributed by atoms with van der Waals surface area (Å²) in [4.78, 5) is -0.0666. The highest BCUT2D eigenvalue weighted by Crippen LogP contribution is 2.29. The van der Waals surface area contributed by atoms with E-state index in [0.29, 0.717) is 0 Å². The number of nitrogens with two attached hydrogens (primary N) is 1. The maximum Gasteiger partial charge on any atom is 0.416 e. The number of hydrogen-bond acceptors (Lipinski definition) is 3. The highest BCUT2D eigenvalue weighted by Gasteiger charge is 2.30. The Morgan fingerprint density at radius 2 is 1.67 bits per heavy atom. The van der Waals surface area contributed by atoms with Crippen molar-refractivity contribution in [2.75, 3.05) is 0 Å². The number of amidine groups is 1. The van der Waals surface area contributed by atoms with Gasteiger partial charge in [0.15, 0.2) is 0 Å². The molecule has 0 aromatic heterocycles. The van der Waals surface area contributed by atoms with Gasteiger partial charge in [-0.3, -0.25) is 9.96 Å². The normalized spacial score (nSPS) is 11.4. The summed E-state index contributed by atoms with van der Waals surface area (Å²) in [6, 6.07) is 10.4. The number of alkyl halides is 3. The first-order valence-electron chi connectivity index (χ1n) is 6.47. The molecule has 5 nitrogen and oxygen atoms in total. The Labute approximate surface area is 137 Å². The minimum absolute atomic E-state index is 0.0666. The molecule has 2 rings (SSSR count). The number of halogens is 3. The highest BCUT2D eigenvalue weighted by atomic mass is 32.2. The number of rotatable bonds is 2. The number of nitrogen functional groups attached to an aromatic ring is 1. The zero-order valence-electron chi connectivity index (χ0n) is 12.5. The number of benzene rings is 2. The second-order valence-corrected chi connectivity index (χ2v) is 6.20. The van der Waals surface area contributed by atoms with Gasteiger partial charge in [0, 0.05) is 5.56 Å². The lowest BCUT2D eigenvalue weighted by molar-refractivity contribution is -0.137. The fraction of sp³-hybridized carbons (Fsp3) is 0.133. The Balaban J connectivity index is 0.000000243. The van der Waals surface area contributed by atoms with Gasteiger partial charge in [0.05, 0.1) is 10.5 Å². The van der Waals surface area contributed by atoms with Gasteiger partial charge in [0.2, 0.25) is 0 Å². The van der Waals surface area contributed by atoms with Gasteiger partial charge in [-0.25, -0.2) is 0 Å². The second kappa shape index (κ2) is 7.45. The average Bonchev–Trinajstić information content (AvgIpc) is 2.46. The van der Waals surface area contributed by atoms with Crippen molar-refractivity contribution >= 4 is 16.0 Å². The van der Waals surface area contributed by atoms with Gasteiger partial charge < -0.3 is 5.73 Å². The van der Waals surface area contributed by atoms with Crippen LogP contribution < -0.4 is 5.73 Å². The Morgan fingerprint density at radius 1 is 1.12 bits per heavy atom. The van der Waals surface area contributed by atoms with Crippen molar-refractivity contribution in [3.8, 4) is 0 Å². The summed E-state index contributed by atoms with van der Waals surface area (Å²) < 4.78 is 65.9. The van der Waals surface area contributed by atoms with E-state index in [1.54, 1.807) is 12.1 Å². The Morgan fingerprint density at radius 3 is 2.08 bits per heavy atom. The van der Waals surface area contributed by atoms with Crippen LogP contribution in [0.2, 0.25) is 0 Å². The van der Waals surface area contributed by atoms with Crippen molar-refractivity contribution in [1.82, 2.24) is 0 Å². The van der Waals surface area contributed by atoms with Gasteiger partial charge in [-0.05, 0) is 31.2 Å². The summed E-state index contributed by atoms with van der Waals surface area (Å²) >= 11 is 0. The van der Waals surface area contributed by atoms with Gasteiger partial charge in [-0.1, -0.05) is 29.8 Å². The summed E-state index contributed by atoms with van der Waals surface area (Å²) in [7, 11) is -4.02. The summed E-state index contributed by atoms with van der Waals surface area (Å²) in [5, 5.41) is 6.95. The molecule has 2 aromatic rings. The molecule has 0 saturated carbocycles. The summed E-state index contributed by atoms with van der Waals surface area (Å²) in [6.45, 7) is 1.84. The molecule has 0 saturated heterocycles. The topological polar surface area (TPSA) is 104 Å². The van der Waals surface area contributed by atoms with E-state index in [0.717, 1.165) is 17.7 Å². The lowest BCUT2D eigenvalue weighted by Crippen LogP contribution is -2.13. The van der Waals surface area contributed by atoms with Gasteiger partial charge in [-0.2, -0.15) is 21.6 Å². The summed E-state index contributed by atoms with van der Waals surface area (Å²) in [5.74, 6) is -0.369. The van der Waals surface area contributed by atoms with Crippen molar-refractivity contribution in [2.24, 2.45) is 5.73 Å². The quantitative estimate of drug-likeness (QED) is 0.434. The SMILES string of the molecule is Cc1ccc(S(=O)(=O)O)cc1.N=C(N)c1cccc(C(F)(F)F)c1. The monoisotopic (exact) mass is 360 g/mol. The lowest BCUT2D eigenvalue weighted by Gasteiger charge is -2.07. The molecule has 0 unspecified atom stereocenters. The minimum Gasteiger partial charge on any atom is -0.384 e. The van der Waals surface area contributed by atoms with Crippen LogP contribution >= 0.6 is 0 Å². The molecule has 0 aliphatic heterocycles. The van der Waals surface area contributed by atoms with E-state index >= 15 is 0 Å². The Hall–Kier alpha value is -2.39. The highest BCUT2D eigenvalue weighted by molar-refractivity contribution is 7.85. The van der Waals surface area contributed by atoms with Gasteiger partial charge in [-0.15, -0.1) is 0 Å². The van der Waals surface area contributed by atoms with Crippen LogP contribution in [0.5, 0.6) is 0 Å². The van der Waals surface area contributed by atoms with E-state index in [1.165, 1.54) is 24.3 Å². The first kappa shape index (κ1) is 19.7. The maximum atomic E-state index is 12.1. The van der Waals surface area contributed by atoms with Crippen molar-refractivity contribution in [3.05, 3.63) is 65.2 Å². The third-order valence-corrected chi connectivity index (χ3v) is 3.69. The largest absolute Gasteiger partial charge is 0.416 e. The smallest absolute Gasteiger partial charge is 0.384 e. The zero-order valence-corrected chi connectivity index (χ0v) is 13.3. The second-order valence-electron chi connectivity index (χ2n) is 4.78. The zero-order chi connectivity index (χ0) is 18.5. The molecular formula is C15H15F3N2O3S. The van der Waals surface area contributed by atoms with E-state index in [-0.39, 0.29) is 16.3 Å².